The van der Waals surface area contributed by atoms with Crippen LogP contribution in [0.15, 0.2) is 5.10 Å². The molecule has 0 saturated carbocycles. The zero-order valence-electron chi connectivity index (χ0n) is 10.6. The molecule has 0 aromatic rings. The minimum absolute atomic E-state index is 0.000463. The molecule has 102 valence electrons. The van der Waals surface area contributed by atoms with Crippen molar-refractivity contribution in [2.24, 2.45) is 10.8 Å². The Morgan fingerprint density at radius 2 is 2.06 bits per heavy atom. The van der Waals surface area contributed by atoms with E-state index in [0.717, 1.165) is 0 Å². The smallest absolute Gasteiger partial charge is 0.332 e. The van der Waals surface area contributed by atoms with Gasteiger partial charge in [-0.1, -0.05) is 0 Å². The SMILES string of the molecule is CC(C)(C)OC(=NNC(N)=O)C(CC=O)NC=O. The van der Waals surface area contributed by atoms with Gasteiger partial charge in [0, 0.05) is 6.42 Å². The Morgan fingerprint density at radius 1 is 1.44 bits per heavy atom. The van der Waals surface area contributed by atoms with Gasteiger partial charge in [0.25, 0.3) is 0 Å². The van der Waals surface area contributed by atoms with Gasteiger partial charge in [0.05, 0.1) is 0 Å². The molecule has 4 N–H and O–H groups in total. The molecule has 1 unspecified atom stereocenters. The Labute approximate surface area is 105 Å². The second kappa shape index (κ2) is 7.25. The molecule has 0 aliphatic heterocycles. The number of aldehydes is 1. The molecule has 0 aliphatic rings. The zero-order valence-corrected chi connectivity index (χ0v) is 10.6. The van der Waals surface area contributed by atoms with Crippen molar-refractivity contribution in [1.82, 2.24) is 10.7 Å². The third-order valence-corrected chi connectivity index (χ3v) is 1.59. The number of hydrazone groups is 1. The van der Waals surface area contributed by atoms with Crippen LogP contribution in [0.3, 0.4) is 0 Å². The number of nitrogens with two attached hydrogens (primary N) is 1. The number of urea groups is 1. The van der Waals surface area contributed by atoms with Crippen molar-refractivity contribution in [3.8, 4) is 0 Å². The van der Waals surface area contributed by atoms with Crippen LogP contribution in [-0.4, -0.2) is 36.3 Å². The second-order valence-electron chi connectivity index (χ2n) is 4.38. The molecule has 0 aromatic carbocycles. The lowest BCUT2D eigenvalue weighted by atomic mass is 10.1. The average molecular weight is 258 g/mol. The zero-order chi connectivity index (χ0) is 14.2. The highest BCUT2D eigenvalue weighted by atomic mass is 16.5. The first-order chi connectivity index (χ1) is 8.30. The maximum absolute atomic E-state index is 10.6. The molecule has 0 aliphatic carbocycles. The van der Waals surface area contributed by atoms with Gasteiger partial charge in [0.1, 0.15) is 17.9 Å². The van der Waals surface area contributed by atoms with E-state index >= 15 is 0 Å². The minimum Gasteiger partial charge on any atom is -0.473 e. The summed E-state index contributed by atoms with van der Waals surface area (Å²) in [6.45, 7) is 5.27. The predicted molar refractivity (Wildman–Crippen MR) is 64.7 cm³/mol. The largest absolute Gasteiger partial charge is 0.473 e. The fraction of sp³-hybridized carbons (Fsp3) is 0.600. The molecule has 0 bridgehead atoms. The molecule has 8 nitrogen and oxygen atoms in total. The van der Waals surface area contributed by atoms with Crippen LogP contribution in [0.1, 0.15) is 27.2 Å². The number of carbonyl (C=O) groups excluding carboxylic acids is 3. The van der Waals surface area contributed by atoms with E-state index in [2.05, 4.69) is 10.4 Å². The monoisotopic (exact) mass is 258 g/mol. The molecule has 3 amide bonds. The summed E-state index contributed by atoms with van der Waals surface area (Å²) in [6, 6.07) is -1.63. The van der Waals surface area contributed by atoms with Crippen molar-refractivity contribution in [1.29, 1.82) is 0 Å². The lowest BCUT2D eigenvalue weighted by Crippen LogP contribution is -2.43. The maximum Gasteiger partial charge on any atom is 0.332 e. The van der Waals surface area contributed by atoms with Gasteiger partial charge in [-0.05, 0) is 20.8 Å². The molecular weight excluding hydrogens is 240 g/mol. The number of rotatable bonds is 6. The van der Waals surface area contributed by atoms with Gasteiger partial charge < -0.3 is 20.6 Å². The van der Waals surface area contributed by atoms with E-state index in [1.165, 1.54) is 0 Å². The topological polar surface area (TPSA) is 123 Å². The Morgan fingerprint density at radius 3 is 2.44 bits per heavy atom. The molecular formula is C10H18N4O4. The van der Waals surface area contributed by atoms with E-state index in [1.807, 2.05) is 5.43 Å². The van der Waals surface area contributed by atoms with E-state index in [9.17, 15) is 14.4 Å². The molecule has 0 rings (SSSR count). The first-order valence-electron chi connectivity index (χ1n) is 5.25. The first-order valence-corrected chi connectivity index (χ1v) is 5.25. The van der Waals surface area contributed by atoms with Crippen molar-refractivity contribution in [2.45, 2.75) is 38.8 Å². The van der Waals surface area contributed by atoms with E-state index in [-0.39, 0.29) is 12.3 Å². The van der Waals surface area contributed by atoms with E-state index in [4.69, 9.17) is 10.5 Å². The normalized spacial score (nSPS) is 13.4. The van der Waals surface area contributed by atoms with Gasteiger partial charge >= 0.3 is 6.03 Å². The number of nitrogens with zero attached hydrogens (tertiary/aromatic N) is 1. The van der Waals surface area contributed by atoms with Gasteiger partial charge in [-0.25, -0.2) is 10.2 Å². The van der Waals surface area contributed by atoms with Crippen LogP contribution < -0.4 is 16.5 Å². The Balaban J connectivity index is 5.00. The fourth-order valence-corrected chi connectivity index (χ4v) is 1.01. The summed E-state index contributed by atoms with van der Waals surface area (Å²) < 4.78 is 5.45. The standard InChI is InChI=1S/C10H18N4O4/c1-10(2,3)18-8(13-14-9(11)17)7(4-5-15)12-6-16/h5-7H,4H2,1-3H3,(H,12,16)(H3,11,14,17). The molecule has 0 radical (unpaired) electrons. The van der Waals surface area contributed by atoms with Crippen LogP contribution in [0.25, 0.3) is 0 Å². The van der Waals surface area contributed by atoms with Crippen molar-refractivity contribution in [3.63, 3.8) is 0 Å². The number of hydrogen-bond donors (Lipinski definition) is 3. The first kappa shape index (κ1) is 15.9. The summed E-state index contributed by atoms with van der Waals surface area (Å²) in [6.07, 6.45) is 0.987. The summed E-state index contributed by atoms with van der Waals surface area (Å²) in [5.41, 5.74) is 6.27. The van der Waals surface area contributed by atoms with Gasteiger partial charge in [0.15, 0.2) is 0 Å². The maximum atomic E-state index is 10.6. The van der Waals surface area contributed by atoms with Crippen molar-refractivity contribution in [2.75, 3.05) is 0 Å². The van der Waals surface area contributed by atoms with Crippen LogP contribution in [0, 0.1) is 0 Å². The highest BCUT2D eigenvalue weighted by Gasteiger charge is 2.23. The number of amides is 3. The van der Waals surface area contributed by atoms with Crippen LogP contribution in [-0.2, 0) is 14.3 Å². The highest BCUT2D eigenvalue weighted by Crippen LogP contribution is 2.10. The summed E-state index contributed by atoms with van der Waals surface area (Å²) in [7, 11) is 0. The van der Waals surface area contributed by atoms with Gasteiger partial charge in [0.2, 0.25) is 12.3 Å². The lowest BCUT2D eigenvalue weighted by molar-refractivity contribution is -0.110. The molecule has 0 spiro atoms. The molecule has 0 heterocycles. The summed E-state index contributed by atoms with van der Waals surface area (Å²) in [5, 5.41) is 6.01. The van der Waals surface area contributed by atoms with Gasteiger partial charge in [-0.15, -0.1) is 5.10 Å². The summed E-state index contributed by atoms with van der Waals surface area (Å²) in [4.78, 5) is 31.6. The number of hydrogen-bond acceptors (Lipinski definition) is 5. The Kier molecular flexibility index (Phi) is 6.40. The Hall–Kier alpha value is -2.12. The summed E-state index contributed by atoms with van der Waals surface area (Å²) in [5.74, 6) is 0.000463. The fourth-order valence-electron chi connectivity index (χ4n) is 1.01. The summed E-state index contributed by atoms with van der Waals surface area (Å²) >= 11 is 0. The third-order valence-electron chi connectivity index (χ3n) is 1.59. The molecule has 0 fully saturated rings. The second-order valence-corrected chi connectivity index (χ2v) is 4.38. The van der Waals surface area contributed by atoms with Crippen LogP contribution in [0.2, 0.25) is 0 Å². The number of nitrogens with one attached hydrogen (secondary N) is 2. The predicted octanol–water partition coefficient (Wildman–Crippen LogP) is -0.513. The van der Waals surface area contributed by atoms with Gasteiger partial charge in [-0.2, -0.15) is 0 Å². The lowest BCUT2D eigenvalue weighted by Gasteiger charge is -2.25. The van der Waals surface area contributed by atoms with Gasteiger partial charge in [-0.3, -0.25) is 4.79 Å². The van der Waals surface area contributed by atoms with Crippen LogP contribution in [0.5, 0.6) is 0 Å². The average Bonchev–Trinajstić information content (AvgIpc) is 2.22. The van der Waals surface area contributed by atoms with E-state index < -0.39 is 17.7 Å². The van der Waals surface area contributed by atoms with Crippen LogP contribution in [0.4, 0.5) is 4.79 Å². The Bertz CT molecular complexity index is 325. The molecule has 8 heteroatoms. The number of primary amides is 1. The van der Waals surface area contributed by atoms with Crippen molar-refractivity contribution < 1.29 is 19.1 Å². The van der Waals surface area contributed by atoms with E-state index in [0.29, 0.717) is 12.7 Å². The van der Waals surface area contributed by atoms with Crippen molar-refractivity contribution in [3.05, 3.63) is 0 Å². The minimum atomic E-state index is -0.874. The molecule has 0 saturated heterocycles. The van der Waals surface area contributed by atoms with Crippen molar-refractivity contribution >= 4 is 24.6 Å². The number of carbonyl (C=O) groups is 3. The third kappa shape index (κ3) is 7.20. The molecule has 18 heavy (non-hydrogen) atoms. The quantitative estimate of drug-likeness (QED) is 0.257. The molecule has 1 atom stereocenters. The van der Waals surface area contributed by atoms with E-state index in [1.54, 1.807) is 20.8 Å². The molecule has 0 aromatic heterocycles. The highest BCUT2D eigenvalue weighted by molar-refractivity contribution is 5.87. The number of ether oxygens (including phenoxy) is 1. The van der Waals surface area contributed by atoms with Crippen LogP contribution >= 0.6 is 0 Å².